The van der Waals surface area contributed by atoms with Gasteiger partial charge in [0.05, 0.1) is 23.4 Å². The second kappa shape index (κ2) is 7.94. The first-order valence-electron chi connectivity index (χ1n) is 9.49. The minimum atomic E-state index is -0.384. The van der Waals surface area contributed by atoms with Crippen molar-refractivity contribution in [3.05, 3.63) is 17.5 Å². The number of anilines is 1. The summed E-state index contributed by atoms with van der Waals surface area (Å²) in [6.07, 6.45) is 3.90. The van der Waals surface area contributed by atoms with E-state index in [0.29, 0.717) is 25.1 Å². The summed E-state index contributed by atoms with van der Waals surface area (Å²) < 4.78 is 6.99. The number of pyridine rings is 1. The molecule has 0 saturated carbocycles. The molecule has 1 saturated heterocycles. The highest BCUT2D eigenvalue weighted by atomic mass is 16.5. The number of nitrogens with one attached hydrogen (secondary N) is 1. The van der Waals surface area contributed by atoms with Crippen LogP contribution in [0, 0.1) is 6.92 Å². The van der Waals surface area contributed by atoms with E-state index in [9.17, 15) is 9.59 Å². The summed E-state index contributed by atoms with van der Waals surface area (Å²) in [6, 6.07) is 0.0569. The van der Waals surface area contributed by atoms with E-state index < -0.39 is 0 Å². The molecule has 0 aliphatic carbocycles. The van der Waals surface area contributed by atoms with E-state index >= 15 is 0 Å². The number of fused-ring (bicyclic) bond motifs is 1. The Labute approximate surface area is 158 Å². The van der Waals surface area contributed by atoms with E-state index in [2.05, 4.69) is 20.3 Å². The van der Waals surface area contributed by atoms with Crippen molar-refractivity contribution in [2.75, 3.05) is 24.6 Å². The Morgan fingerprint density at radius 3 is 2.85 bits per heavy atom. The molecule has 8 heteroatoms. The van der Waals surface area contributed by atoms with Gasteiger partial charge in [0.2, 0.25) is 5.91 Å². The fourth-order valence-electron chi connectivity index (χ4n) is 3.71. The molecule has 1 N–H and O–H groups in total. The number of hydrogen-bond acceptors (Lipinski definition) is 6. The molecule has 1 atom stereocenters. The van der Waals surface area contributed by atoms with Gasteiger partial charge in [-0.25, -0.2) is 9.78 Å². The maximum Gasteiger partial charge on any atom is 0.341 e. The molecule has 1 aliphatic rings. The number of piperidine rings is 1. The fourth-order valence-corrected chi connectivity index (χ4v) is 3.71. The second-order valence-corrected chi connectivity index (χ2v) is 6.85. The molecule has 2 aromatic rings. The first-order chi connectivity index (χ1) is 13.0. The van der Waals surface area contributed by atoms with E-state index in [-0.39, 0.29) is 17.9 Å². The summed E-state index contributed by atoms with van der Waals surface area (Å²) in [5.41, 5.74) is 2.80. The molecule has 3 rings (SSSR count). The molecule has 8 nitrogen and oxygen atoms in total. The molecular weight excluding hydrogens is 346 g/mol. The van der Waals surface area contributed by atoms with Crippen LogP contribution in [0.3, 0.4) is 0 Å². The first kappa shape index (κ1) is 19.1. The minimum Gasteiger partial charge on any atom is -0.462 e. The van der Waals surface area contributed by atoms with Crippen LogP contribution in [0.15, 0.2) is 6.20 Å². The molecule has 0 radical (unpaired) electrons. The standard InChI is InChI=1S/C19H27N5O3/c1-5-15(25)21-13-8-7-9-24(11-13)17-14(19(26)27-6-2)10-20-18-16(17)12(3)22-23(18)4/h10,13H,5-9,11H2,1-4H3,(H,21,25). The zero-order chi connectivity index (χ0) is 19.6. The lowest BCUT2D eigenvalue weighted by Crippen LogP contribution is -2.48. The molecule has 1 fully saturated rings. The minimum absolute atomic E-state index is 0.0462. The van der Waals surface area contributed by atoms with Gasteiger partial charge in [-0.2, -0.15) is 5.10 Å². The quantitative estimate of drug-likeness (QED) is 0.806. The van der Waals surface area contributed by atoms with Gasteiger partial charge >= 0.3 is 5.97 Å². The molecule has 2 aromatic heterocycles. The van der Waals surface area contributed by atoms with Gasteiger partial charge in [-0.05, 0) is 26.7 Å². The summed E-state index contributed by atoms with van der Waals surface area (Å²) in [5.74, 6) is -0.338. The highest BCUT2D eigenvalue weighted by Crippen LogP contribution is 2.34. The van der Waals surface area contributed by atoms with Crippen molar-refractivity contribution in [3.63, 3.8) is 0 Å². The number of hydrogen-bond donors (Lipinski definition) is 1. The smallest absolute Gasteiger partial charge is 0.341 e. The van der Waals surface area contributed by atoms with Crippen LogP contribution in [0.4, 0.5) is 5.69 Å². The van der Waals surface area contributed by atoms with Gasteiger partial charge in [-0.15, -0.1) is 0 Å². The van der Waals surface area contributed by atoms with Crippen molar-refractivity contribution in [2.24, 2.45) is 7.05 Å². The first-order valence-corrected chi connectivity index (χ1v) is 9.49. The Morgan fingerprint density at radius 2 is 2.15 bits per heavy atom. The number of nitrogens with zero attached hydrogens (tertiary/aromatic N) is 4. The number of carbonyl (C=O) groups is 2. The Kier molecular flexibility index (Phi) is 5.62. The van der Waals surface area contributed by atoms with E-state index in [1.807, 2.05) is 20.9 Å². The molecule has 0 bridgehead atoms. The second-order valence-electron chi connectivity index (χ2n) is 6.85. The average molecular weight is 373 g/mol. The zero-order valence-electron chi connectivity index (χ0n) is 16.4. The predicted octanol–water partition coefficient (Wildman–Crippen LogP) is 1.95. The van der Waals surface area contributed by atoms with Crippen molar-refractivity contribution in [3.8, 4) is 0 Å². The van der Waals surface area contributed by atoms with Crippen LogP contribution in [0.25, 0.3) is 11.0 Å². The molecule has 0 aromatic carbocycles. The van der Waals surface area contributed by atoms with Gasteiger partial charge < -0.3 is 15.0 Å². The van der Waals surface area contributed by atoms with Gasteiger partial charge in [0.25, 0.3) is 0 Å². The maximum atomic E-state index is 12.6. The Bertz CT molecular complexity index is 861. The predicted molar refractivity (Wildman–Crippen MR) is 103 cm³/mol. The maximum absolute atomic E-state index is 12.6. The highest BCUT2D eigenvalue weighted by Gasteiger charge is 2.29. The van der Waals surface area contributed by atoms with Gasteiger partial charge in [0, 0.05) is 38.8 Å². The normalized spacial score (nSPS) is 17.2. The van der Waals surface area contributed by atoms with Crippen LogP contribution in [-0.2, 0) is 16.6 Å². The van der Waals surface area contributed by atoms with Crippen LogP contribution in [-0.4, -0.2) is 52.4 Å². The van der Waals surface area contributed by atoms with Gasteiger partial charge in [-0.3, -0.25) is 9.48 Å². The third-order valence-electron chi connectivity index (χ3n) is 4.92. The zero-order valence-corrected chi connectivity index (χ0v) is 16.4. The molecular formula is C19H27N5O3. The van der Waals surface area contributed by atoms with Gasteiger partial charge in [0.1, 0.15) is 5.56 Å². The summed E-state index contributed by atoms with van der Waals surface area (Å²) in [4.78, 5) is 31.0. The van der Waals surface area contributed by atoms with Crippen LogP contribution in [0.5, 0.6) is 0 Å². The van der Waals surface area contributed by atoms with E-state index in [0.717, 1.165) is 41.8 Å². The lowest BCUT2D eigenvalue weighted by molar-refractivity contribution is -0.121. The fraction of sp³-hybridized carbons (Fsp3) is 0.579. The summed E-state index contributed by atoms with van der Waals surface area (Å²) >= 11 is 0. The number of ether oxygens (including phenoxy) is 1. The lowest BCUT2D eigenvalue weighted by atomic mass is 10.0. The van der Waals surface area contributed by atoms with Crippen LogP contribution >= 0.6 is 0 Å². The number of carbonyl (C=O) groups excluding carboxylic acids is 2. The van der Waals surface area contributed by atoms with Crippen LogP contribution < -0.4 is 10.2 Å². The highest BCUT2D eigenvalue weighted by molar-refractivity contribution is 6.05. The molecule has 0 spiro atoms. The van der Waals surface area contributed by atoms with Crippen LogP contribution in [0.1, 0.15) is 49.2 Å². The molecule has 27 heavy (non-hydrogen) atoms. The molecule has 146 valence electrons. The van der Waals surface area contributed by atoms with Gasteiger partial charge in [-0.1, -0.05) is 6.92 Å². The Balaban J connectivity index is 2.06. The number of aromatic nitrogens is 3. The molecule has 1 aliphatic heterocycles. The molecule has 3 heterocycles. The number of rotatable bonds is 5. The van der Waals surface area contributed by atoms with Crippen molar-refractivity contribution in [1.29, 1.82) is 0 Å². The van der Waals surface area contributed by atoms with E-state index in [1.165, 1.54) is 0 Å². The monoisotopic (exact) mass is 373 g/mol. The van der Waals surface area contributed by atoms with E-state index in [1.54, 1.807) is 17.8 Å². The number of aryl methyl sites for hydroxylation is 2. The van der Waals surface area contributed by atoms with E-state index in [4.69, 9.17) is 4.74 Å². The topological polar surface area (TPSA) is 89.3 Å². The molecule has 1 unspecified atom stereocenters. The third kappa shape index (κ3) is 3.74. The third-order valence-corrected chi connectivity index (χ3v) is 4.92. The van der Waals surface area contributed by atoms with Crippen molar-refractivity contribution in [2.45, 2.75) is 46.1 Å². The number of amides is 1. The average Bonchev–Trinajstić information content (AvgIpc) is 2.95. The van der Waals surface area contributed by atoms with Crippen molar-refractivity contribution >= 4 is 28.6 Å². The summed E-state index contributed by atoms with van der Waals surface area (Å²) in [5, 5.41) is 8.42. The largest absolute Gasteiger partial charge is 0.462 e. The lowest BCUT2D eigenvalue weighted by Gasteiger charge is -2.36. The Morgan fingerprint density at radius 1 is 1.37 bits per heavy atom. The molecule has 1 amide bonds. The summed E-state index contributed by atoms with van der Waals surface area (Å²) in [7, 11) is 1.84. The van der Waals surface area contributed by atoms with Crippen LogP contribution in [0.2, 0.25) is 0 Å². The number of esters is 1. The summed E-state index contributed by atoms with van der Waals surface area (Å²) in [6.45, 7) is 7.31. The van der Waals surface area contributed by atoms with Gasteiger partial charge in [0.15, 0.2) is 5.65 Å². The SMILES string of the molecule is CCOC(=O)c1cnc2c(c(C)nn2C)c1N1CCCC(NC(=O)CC)C1. The van der Waals surface area contributed by atoms with Crippen molar-refractivity contribution in [1.82, 2.24) is 20.1 Å². The van der Waals surface area contributed by atoms with Crippen molar-refractivity contribution < 1.29 is 14.3 Å². The Hall–Kier alpha value is -2.64.